The minimum absolute atomic E-state index is 0.102. The molecular formula is C26H29N5O3S. The van der Waals surface area contributed by atoms with E-state index in [1.807, 2.05) is 62.4 Å². The molecule has 182 valence electrons. The summed E-state index contributed by atoms with van der Waals surface area (Å²) in [5, 5.41) is 5.18. The highest BCUT2D eigenvalue weighted by Gasteiger charge is 2.26. The van der Waals surface area contributed by atoms with E-state index in [1.165, 1.54) is 11.3 Å². The molecule has 1 saturated heterocycles. The van der Waals surface area contributed by atoms with E-state index in [-0.39, 0.29) is 5.91 Å². The maximum absolute atomic E-state index is 13.9. The van der Waals surface area contributed by atoms with Crippen molar-refractivity contribution in [1.29, 1.82) is 0 Å². The number of ether oxygens (including phenoxy) is 2. The van der Waals surface area contributed by atoms with Crippen molar-refractivity contribution in [3.05, 3.63) is 66.0 Å². The summed E-state index contributed by atoms with van der Waals surface area (Å²) in [5.74, 6) is 0.635. The van der Waals surface area contributed by atoms with Gasteiger partial charge in [0.25, 0.3) is 5.91 Å². The SMILES string of the molecule is CCOc1cccc2sc(N(CCN3CCOCC3)C(=O)c3cnn(-c4ccccc4)c3C)nc12. The number of para-hydroxylation sites is 2. The van der Waals surface area contributed by atoms with Crippen LogP contribution in [0.3, 0.4) is 0 Å². The van der Waals surface area contributed by atoms with E-state index in [0.29, 0.717) is 23.8 Å². The summed E-state index contributed by atoms with van der Waals surface area (Å²) in [7, 11) is 0. The molecule has 8 nitrogen and oxygen atoms in total. The van der Waals surface area contributed by atoms with E-state index in [4.69, 9.17) is 14.5 Å². The van der Waals surface area contributed by atoms with Crippen molar-refractivity contribution >= 4 is 32.6 Å². The third-order valence-corrected chi connectivity index (χ3v) is 7.17. The highest BCUT2D eigenvalue weighted by molar-refractivity contribution is 7.22. The fraction of sp³-hybridized carbons (Fsp3) is 0.346. The Hall–Kier alpha value is -3.27. The topological polar surface area (TPSA) is 72.7 Å². The van der Waals surface area contributed by atoms with Crippen LogP contribution in [0.4, 0.5) is 5.13 Å². The predicted molar refractivity (Wildman–Crippen MR) is 138 cm³/mol. The van der Waals surface area contributed by atoms with E-state index in [0.717, 1.165) is 60.2 Å². The molecule has 2 aromatic carbocycles. The molecule has 0 atom stereocenters. The smallest absolute Gasteiger partial charge is 0.263 e. The zero-order valence-electron chi connectivity index (χ0n) is 20.0. The van der Waals surface area contributed by atoms with Crippen LogP contribution in [0.2, 0.25) is 0 Å². The Bertz CT molecular complexity index is 1300. The number of thiazole rings is 1. The molecule has 0 bridgehead atoms. The molecule has 0 spiro atoms. The van der Waals surface area contributed by atoms with Crippen LogP contribution in [-0.2, 0) is 4.74 Å². The van der Waals surface area contributed by atoms with Gasteiger partial charge in [-0.05, 0) is 38.1 Å². The van der Waals surface area contributed by atoms with E-state index in [2.05, 4.69) is 10.00 Å². The fourth-order valence-electron chi connectivity index (χ4n) is 4.24. The second-order valence-electron chi connectivity index (χ2n) is 8.33. The molecule has 0 N–H and O–H groups in total. The molecule has 1 amide bonds. The molecule has 5 rings (SSSR count). The second-order valence-corrected chi connectivity index (χ2v) is 9.34. The largest absolute Gasteiger partial charge is 0.492 e. The third kappa shape index (κ3) is 4.93. The number of benzene rings is 2. The van der Waals surface area contributed by atoms with E-state index >= 15 is 0 Å². The van der Waals surface area contributed by atoms with Crippen molar-refractivity contribution in [2.45, 2.75) is 13.8 Å². The maximum atomic E-state index is 13.9. The lowest BCUT2D eigenvalue weighted by Crippen LogP contribution is -2.43. The summed E-state index contributed by atoms with van der Waals surface area (Å²) in [6, 6.07) is 15.7. The van der Waals surface area contributed by atoms with Crippen molar-refractivity contribution in [2.75, 3.05) is 50.9 Å². The van der Waals surface area contributed by atoms with Crippen LogP contribution in [0.15, 0.2) is 54.7 Å². The van der Waals surface area contributed by atoms with Gasteiger partial charge in [-0.15, -0.1) is 0 Å². The number of carbonyl (C=O) groups is 1. The van der Waals surface area contributed by atoms with E-state index < -0.39 is 0 Å². The van der Waals surface area contributed by atoms with Crippen LogP contribution in [0, 0.1) is 6.92 Å². The first-order chi connectivity index (χ1) is 17.2. The Morgan fingerprint density at radius 1 is 1.14 bits per heavy atom. The molecule has 0 saturated carbocycles. The van der Waals surface area contributed by atoms with Crippen LogP contribution in [0.1, 0.15) is 23.0 Å². The molecular weight excluding hydrogens is 462 g/mol. The van der Waals surface area contributed by atoms with E-state index in [9.17, 15) is 4.79 Å². The van der Waals surface area contributed by atoms with Gasteiger partial charge in [-0.25, -0.2) is 9.67 Å². The Labute approximate surface area is 208 Å². The molecule has 3 heterocycles. The van der Waals surface area contributed by atoms with Gasteiger partial charge in [0.15, 0.2) is 5.13 Å². The Balaban J connectivity index is 1.49. The summed E-state index contributed by atoms with van der Waals surface area (Å²) >= 11 is 1.51. The number of fused-ring (bicyclic) bond motifs is 1. The van der Waals surface area contributed by atoms with Crippen molar-refractivity contribution in [3.63, 3.8) is 0 Å². The lowest BCUT2D eigenvalue weighted by molar-refractivity contribution is 0.0391. The normalized spacial score (nSPS) is 14.3. The average Bonchev–Trinajstić information content (AvgIpc) is 3.49. The maximum Gasteiger partial charge on any atom is 0.263 e. The Morgan fingerprint density at radius 3 is 2.71 bits per heavy atom. The van der Waals surface area contributed by atoms with E-state index in [1.54, 1.807) is 15.8 Å². The fourth-order valence-corrected chi connectivity index (χ4v) is 5.25. The summed E-state index contributed by atoms with van der Waals surface area (Å²) in [6.07, 6.45) is 1.66. The number of anilines is 1. The van der Waals surface area contributed by atoms with Crippen LogP contribution in [0.5, 0.6) is 5.75 Å². The van der Waals surface area contributed by atoms with Crippen LogP contribution in [-0.4, -0.2) is 71.6 Å². The number of aromatic nitrogens is 3. The lowest BCUT2D eigenvalue weighted by atomic mass is 10.2. The molecule has 4 aromatic rings. The molecule has 35 heavy (non-hydrogen) atoms. The van der Waals surface area contributed by atoms with Crippen LogP contribution in [0.25, 0.3) is 15.9 Å². The van der Waals surface area contributed by atoms with Crippen molar-refractivity contribution in [2.24, 2.45) is 0 Å². The first kappa shape index (κ1) is 23.5. The van der Waals surface area contributed by atoms with Crippen molar-refractivity contribution < 1.29 is 14.3 Å². The quantitative estimate of drug-likeness (QED) is 0.368. The average molecular weight is 492 g/mol. The highest BCUT2D eigenvalue weighted by Crippen LogP contribution is 2.35. The second kappa shape index (κ2) is 10.6. The summed E-state index contributed by atoms with van der Waals surface area (Å²) < 4.78 is 14.1. The van der Waals surface area contributed by atoms with Crippen LogP contribution >= 0.6 is 11.3 Å². The molecule has 1 aliphatic rings. The van der Waals surface area contributed by atoms with Gasteiger partial charge in [-0.1, -0.05) is 35.6 Å². The molecule has 0 aliphatic carbocycles. The zero-order chi connectivity index (χ0) is 24.2. The number of nitrogens with zero attached hydrogens (tertiary/aromatic N) is 5. The van der Waals surface area contributed by atoms with Gasteiger partial charge >= 0.3 is 0 Å². The van der Waals surface area contributed by atoms with Gasteiger partial charge in [0.05, 0.1) is 47.7 Å². The molecule has 0 radical (unpaired) electrons. The minimum atomic E-state index is -0.102. The van der Waals surface area contributed by atoms with Gasteiger partial charge in [-0.2, -0.15) is 5.10 Å². The van der Waals surface area contributed by atoms with Crippen molar-refractivity contribution in [3.8, 4) is 11.4 Å². The first-order valence-electron chi connectivity index (χ1n) is 11.9. The first-order valence-corrected chi connectivity index (χ1v) is 12.7. The zero-order valence-corrected chi connectivity index (χ0v) is 20.8. The summed E-state index contributed by atoms with van der Waals surface area (Å²) in [6.45, 7) is 8.88. The minimum Gasteiger partial charge on any atom is -0.492 e. The molecule has 1 fully saturated rings. The Morgan fingerprint density at radius 2 is 1.94 bits per heavy atom. The molecule has 2 aromatic heterocycles. The number of rotatable bonds is 8. The number of hydrogen-bond donors (Lipinski definition) is 0. The lowest BCUT2D eigenvalue weighted by Gasteiger charge is -2.29. The standard InChI is InChI=1S/C26H29N5O3S/c1-3-34-22-10-7-11-23-24(22)28-26(35-23)30(13-12-29-14-16-33-17-15-29)25(32)21-18-27-31(19(21)2)20-8-5-4-6-9-20/h4-11,18H,3,12-17H2,1-2H3. The monoisotopic (exact) mass is 491 g/mol. The molecule has 0 unspecified atom stereocenters. The summed E-state index contributed by atoms with van der Waals surface area (Å²) in [5.41, 5.74) is 3.08. The number of morpholine rings is 1. The Kier molecular flexibility index (Phi) is 7.08. The molecule has 9 heteroatoms. The number of amides is 1. The number of carbonyl (C=O) groups excluding carboxylic acids is 1. The van der Waals surface area contributed by atoms with Gasteiger partial charge in [-0.3, -0.25) is 14.6 Å². The van der Waals surface area contributed by atoms with Gasteiger partial charge in [0, 0.05) is 26.2 Å². The highest BCUT2D eigenvalue weighted by atomic mass is 32.1. The predicted octanol–water partition coefficient (Wildman–Crippen LogP) is 4.17. The summed E-state index contributed by atoms with van der Waals surface area (Å²) in [4.78, 5) is 22.9. The van der Waals surface area contributed by atoms with Gasteiger partial charge in [0.2, 0.25) is 0 Å². The third-order valence-electron chi connectivity index (χ3n) is 6.13. The molecule has 1 aliphatic heterocycles. The van der Waals surface area contributed by atoms with Crippen LogP contribution < -0.4 is 9.64 Å². The van der Waals surface area contributed by atoms with Gasteiger partial charge < -0.3 is 9.47 Å². The van der Waals surface area contributed by atoms with Gasteiger partial charge in [0.1, 0.15) is 11.3 Å². The van der Waals surface area contributed by atoms with Crippen molar-refractivity contribution in [1.82, 2.24) is 19.7 Å². The number of hydrogen-bond acceptors (Lipinski definition) is 7.